The normalized spacial score (nSPS) is 12.8. The van der Waals surface area contributed by atoms with Crippen LogP contribution < -0.4 is 10.6 Å². The molecule has 2 N–H and O–H groups in total. The fourth-order valence-corrected chi connectivity index (χ4v) is 3.70. The molecule has 1 aliphatic rings. The molecule has 7 nitrogen and oxygen atoms in total. The van der Waals surface area contributed by atoms with Gasteiger partial charge in [0.15, 0.2) is 0 Å². The number of aryl methyl sites for hydroxylation is 2. The fourth-order valence-electron chi connectivity index (χ4n) is 3.58. The Hall–Kier alpha value is -3.58. The minimum absolute atomic E-state index is 0.155. The van der Waals surface area contributed by atoms with E-state index in [0.29, 0.717) is 48.6 Å². The van der Waals surface area contributed by atoms with E-state index in [2.05, 4.69) is 30.6 Å². The molecular formula is C26H27ClN6O. The molecule has 1 aliphatic heterocycles. The van der Waals surface area contributed by atoms with Crippen LogP contribution in [0.3, 0.4) is 0 Å². The van der Waals surface area contributed by atoms with E-state index in [9.17, 15) is 4.79 Å². The van der Waals surface area contributed by atoms with Crippen molar-refractivity contribution in [3.8, 4) is 0 Å². The van der Waals surface area contributed by atoms with Crippen LogP contribution in [0.5, 0.6) is 0 Å². The third-order valence-electron chi connectivity index (χ3n) is 5.35. The number of carbonyl (C=O) groups excluding carboxylic acids is 1. The van der Waals surface area contributed by atoms with Gasteiger partial charge in [0.25, 0.3) is 0 Å². The SMILES string of the molecule is CCc1nc(NC2=NCC(C)=C2)nc(Nc2ccc(CC(=O)Cc3ccc(Cl)c(C)c3)cc2)n1. The van der Waals surface area contributed by atoms with E-state index in [1.54, 1.807) is 0 Å². The third-order valence-corrected chi connectivity index (χ3v) is 5.78. The topological polar surface area (TPSA) is 92.2 Å². The number of nitrogens with one attached hydrogen (secondary N) is 2. The molecule has 34 heavy (non-hydrogen) atoms. The van der Waals surface area contributed by atoms with Crippen LogP contribution in [0.2, 0.25) is 5.02 Å². The standard InChI is InChI=1S/C26H27ClN6O/c1-4-23-30-25(33-26(31-23)32-24-11-16(2)15-28-24)29-20-8-5-18(6-9-20)13-21(34)14-19-7-10-22(27)17(3)12-19/h5-12H,4,13-15H2,1-3H3,(H2,28,29,30,31,32,33). The summed E-state index contributed by atoms with van der Waals surface area (Å²) < 4.78 is 0. The average molecular weight is 475 g/mol. The largest absolute Gasteiger partial charge is 0.324 e. The second-order valence-corrected chi connectivity index (χ2v) is 8.77. The summed E-state index contributed by atoms with van der Waals surface area (Å²) in [5, 5.41) is 7.10. The molecule has 0 bridgehead atoms. The van der Waals surface area contributed by atoms with Crippen molar-refractivity contribution < 1.29 is 4.79 Å². The van der Waals surface area contributed by atoms with Crippen molar-refractivity contribution in [1.82, 2.24) is 15.0 Å². The number of aromatic nitrogens is 3. The van der Waals surface area contributed by atoms with Crippen molar-refractivity contribution in [2.75, 3.05) is 17.2 Å². The monoisotopic (exact) mass is 474 g/mol. The highest BCUT2D eigenvalue weighted by Crippen LogP contribution is 2.19. The minimum atomic E-state index is 0.155. The van der Waals surface area contributed by atoms with Crippen molar-refractivity contribution >= 4 is 40.8 Å². The Kier molecular flexibility index (Phi) is 7.33. The number of anilines is 3. The number of hydrogen-bond donors (Lipinski definition) is 2. The molecule has 0 saturated carbocycles. The van der Waals surface area contributed by atoms with Gasteiger partial charge in [-0.3, -0.25) is 9.79 Å². The second-order valence-electron chi connectivity index (χ2n) is 8.37. The molecule has 2 heterocycles. The van der Waals surface area contributed by atoms with E-state index in [4.69, 9.17) is 11.6 Å². The van der Waals surface area contributed by atoms with Crippen LogP contribution in [0.25, 0.3) is 0 Å². The van der Waals surface area contributed by atoms with Gasteiger partial charge in [0, 0.05) is 30.0 Å². The van der Waals surface area contributed by atoms with Gasteiger partial charge in [-0.25, -0.2) is 0 Å². The molecule has 0 radical (unpaired) electrons. The van der Waals surface area contributed by atoms with Crippen LogP contribution in [0.15, 0.2) is 59.1 Å². The van der Waals surface area contributed by atoms with Crippen molar-refractivity contribution in [2.45, 2.75) is 40.0 Å². The Morgan fingerprint density at radius 1 is 0.941 bits per heavy atom. The van der Waals surface area contributed by atoms with Crippen LogP contribution in [0, 0.1) is 6.92 Å². The molecular weight excluding hydrogens is 448 g/mol. The second kappa shape index (κ2) is 10.6. The molecule has 3 aromatic rings. The highest BCUT2D eigenvalue weighted by molar-refractivity contribution is 6.31. The molecule has 8 heteroatoms. The number of carbonyl (C=O) groups is 1. The molecule has 0 spiro atoms. The molecule has 0 amide bonds. The number of rotatable bonds is 8. The first-order chi connectivity index (χ1) is 16.4. The van der Waals surface area contributed by atoms with Crippen LogP contribution in [0.1, 0.15) is 36.4 Å². The van der Waals surface area contributed by atoms with E-state index in [1.165, 1.54) is 5.57 Å². The summed E-state index contributed by atoms with van der Waals surface area (Å²) in [5.41, 5.74) is 4.93. The highest BCUT2D eigenvalue weighted by atomic mass is 35.5. The lowest BCUT2D eigenvalue weighted by atomic mass is 10.0. The van der Waals surface area contributed by atoms with Gasteiger partial charge in [0.05, 0.1) is 6.54 Å². The van der Waals surface area contributed by atoms with Crippen molar-refractivity contribution in [1.29, 1.82) is 0 Å². The number of benzene rings is 2. The summed E-state index contributed by atoms with van der Waals surface area (Å²) in [4.78, 5) is 30.3. The number of ketones is 1. The van der Waals surface area contributed by atoms with Crippen molar-refractivity contribution in [3.05, 3.63) is 81.7 Å². The Balaban J connectivity index is 1.39. The average Bonchev–Trinajstić information content (AvgIpc) is 3.21. The van der Waals surface area contributed by atoms with Crippen LogP contribution in [-0.2, 0) is 24.1 Å². The maximum atomic E-state index is 12.5. The van der Waals surface area contributed by atoms with Crippen molar-refractivity contribution in [2.24, 2.45) is 4.99 Å². The van der Waals surface area contributed by atoms with Gasteiger partial charge in [0.2, 0.25) is 11.9 Å². The Labute approximate surface area is 204 Å². The Bertz CT molecular complexity index is 1270. The number of nitrogens with zero attached hydrogens (tertiary/aromatic N) is 4. The Morgan fingerprint density at radius 3 is 2.26 bits per heavy atom. The number of Topliss-reactive ketones (excluding diaryl/α,β-unsaturated/α-hetero) is 1. The molecule has 4 rings (SSSR count). The molecule has 0 aliphatic carbocycles. The maximum absolute atomic E-state index is 12.5. The lowest BCUT2D eigenvalue weighted by molar-refractivity contribution is -0.117. The predicted molar refractivity (Wildman–Crippen MR) is 137 cm³/mol. The molecule has 0 saturated heterocycles. The number of halogens is 1. The van der Waals surface area contributed by atoms with E-state index in [1.807, 2.05) is 69.3 Å². The molecule has 2 aromatic carbocycles. The third kappa shape index (κ3) is 6.26. The first-order valence-electron chi connectivity index (χ1n) is 11.2. The summed E-state index contributed by atoms with van der Waals surface area (Å²) in [5.74, 6) is 2.50. The molecule has 174 valence electrons. The lowest BCUT2D eigenvalue weighted by Gasteiger charge is -2.10. The van der Waals surface area contributed by atoms with Crippen LogP contribution in [0.4, 0.5) is 17.6 Å². The van der Waals surface area contributed by atoms with Gasteiger partial charge in [-0.15, -0.1) is 0 Å². The van der Waals surface area contributed by atoms with Gasteiger partial charge >= 0.3 is 0 Å². The van der Waals surface area contributed by atoms with Gasteiger partial charge in [-0.1, -0.05) is 42.8 Å². The molecule has 1 aromatic heterocycles. The number of aliphatic imine (C=N–C) groups is 1. The fraction of sp³-hybridized carbons (Fsp3) is 0.269. The van der Waals surface area contributed by atoms with Gasteiger partial charge in [-0.05, 0) is 60.4 Å². The summed E-state index contributed by atoms with van der Waals surface area (Å²) in [6.07, 6.45) is 3.42. The van der Waals surface area contributed by atoms with Gasteiger partial charge < -0.3 is 10.6 Å². The van der Waals surface area contributed by atoms with Crippen LogP contribution >= 0.6 is 11.6 Å². The summed E-state index contributed by atoms with van der Waals surface area (Å²) >= 11 is 6.07. The molecule has 0 atom stereocenters. The molecule has 0 fully saturated rings. The highest BCUT2D eigenvalue weighted by Gasteiger charge is 2.11. The zero-order valence-corrected chi connectivity index (χ0v) is 20.3. The summed E-state index contributed by atoms with van der Waals surface area (Å²) in [6, 6.07) is 13.4. The van der Waals surface area contributed by atoms with Gasteiger partial charge in [0.1, 0.15) is 17.4 Å². The smallest absolute Gasteiger partial charge is 0.233 e. The molecule has 0 unspecified atom stereocenters. The number of amidine groups is 1. The summed E-state index contributed by atoms with van der Waals surface area (Å²) in [7, 11) is 0. The quantitative estimate of drug-likeness (QED) is 0.462. The first-order valence-corrected chi connectivity index (χ1v) is 11.6. The Morgan fingerprint density at radius 2 is 1.62 bits per heavy atom. The summed E-state index contributed by atoms with van der Waals surface area (Å²) in [6.45, 7) is 6.66. The zero-order chi connectivity index (χ0) is 24.1. The van der Waals surface area contributed by atoms with E-state index < -0.39 is 0 Å². The van der Waals surface area contributed by atoms with E-state index in [-0.39, 0.29) is 5.78 Å². The first kappa shape index (κ1) is 23.6. The van der Waals surface area contributed by atoms with E-state index in [0.717, 1.165) is 28.2 Å². The predicted octanol–water partition coefficient (Wildman–Crippen LogP) is 5.26. The lowest BCUT2D eigenvalue weighted by Crippen LogP contribution is -2.13. The van der Waals surface area contributed by atoms with Crippen LogP contribution in [-0.4, -0.2) is 33.1 Å². The number of hydrogen-bond acceptors (Lipinski definition) is 7. The minimum Gasteiger partial charge on any atom is -0.324 e. The van der Waals surface area contributed by atoms with Crippen molar-refractivity contribution in [3.63, 3.8) is 0 Å². The van der Waals surface area contributed by atoms with Gasteiger partial charge in [-0.2, -0.15) is 15.0 Å². The van der Waals surface area contributed by atoms with E-state index >= 15 is 0 Å². The maximum Gasteiger partial charge on any atom is 0.233 e. The zero-order valence-electron chi connectivity index (χ0n) is 19.5.